The number of hydrogen-bond donors (Lipinski definition) is 0. The minimum atomic E-state index is 0.555. The van der Waals surface area contributed by atoms with E-state index in [0.717, 1.165) is 23.0 Å². The van der Waals surface area contributed by atoms with Gasteiger partial charge in [-0.2, -0.15) is 0 Å². The molecule has 0 aliphatic carbocycles. The summed E-state index contributed by atoms with van der Waals surface area (Å²) < 4.78 is 1.41. The van der Waals surface area contributed by atoms with Crippen molar-refractivity contribution in [1.29, 1.82) is 0 Å². The molecule has 1 aromatic carbocycles. The summed E-state index contributed by atoms with van der Waals surface area (Å²) in [6.07, 6.45) is 0. The zero-order valence-corrected chi connectivity index (χ0v) is 12.8. The van der Waals surface area contributed by atoms with E-state index in [2.05, 4.69) is 45.0 Å². The van der Waals surface area contributed by atoms with Gasteiger partial charge in [-0.25, -0.2) is 0 Å². The van der Waals surface area contributed by atoms with Crippen molar-refractivity contribution in [3.63, 3.8) is 0 Å². The van der Waals surface area contributed by atoms with E-state index >= 15 is 0 Å². The van der Waals surface area contributed by atoms with Crippen molar-refractivity contribution in [3.8, 4) is 0 Å². The summed E-state index contributed by atoms with van der Waals surface area (Å²) in [6, 6.07) is 10.7. The molecule has 0 fully saturated rings. The fraction of sp³-hybridized carbons (Fsp3) is 0.286. The fourth-order valence-corrected chi connectivity index (χ4v) is 2.66. The van der Waals surface area contributed by atoms with Crippen molar-refractivity contribution >= 4 is 30.9 Å². The molecule has 18 heavy (non-hydrogen) atoms. The molecule has 1 heterocycles. The number of aryl methyl sites for hydroxylation is 2. The molecule has 0 unspecified atom stereocenters. The van der Waals surface area contributed by atoms with Gasteiger partial charge in [0.05, 0.1) is 0 Å². The Kier molecular flexibility index (Phi) is 4.00. The molecule has 0 radical (unpaired) electrons. The van der Waals surface area contributed by atoms with Crippen LogP contribution in [0.4, 0.5) is 11.5 Å². The van der Waals surface area contributed by atoms with Gasteiger partial charge in [0.2, 0.25) is 0 Å². The Balaban J connectivity index is 2.31. The third-order valence-electron chi connectivity index (χ3n) is 2.76. The zero-order valence-electron chi connectivity index (χ0n) is 11.1. The predicted molar refractivity (Wildman–Crippen MR) is 77.3 cm³/mol. The maximum absolute atomic E-state index is 4.47. The van der Waals surface area contributed by atoms with Crippen molar-refractivity contribution in [2.75, 3.05) is 11.9 Å². The van der Waals surface area contributed by atoms with Crippen LogP contribution in [0.3, 0.4) is 0 Å². The molecule has 1 aromatic heterocycles. The van der Waals surface area contributed by atoms with Crippen LogP contribution in [-0.2, 0) is 0 Å². The number of anilines is 2. The first kappa shape index (κ1) is 13.1. The second-order valence-electron chi connectivity index (χ2n) is 4.17. The molecule has 0 amide bonds. The average molecular weight is 306 g/mol. The summed E-state index contributed by atoms with van der Waals surface area (Å²) in [6.45, 7) is 3.92. The van der Waals surface area contributed by atoms with Gasteiger partial charge in [-0.05, 0) is 0 Å². The third-order valence-corrected chi connectivity index (χ3v) is 4.32. The fourth-order valence-electron chi connectivity index (χ4n) is 1.81. The number of rotatable bonds is 3. The standard InChI is InChI=1S/C14H17N3Se/c1-10-9-14(16-11(2)15-10)17(3)12-5-7-13(18-4)8-6-12/h5-9H,1-4H3. The minimum absolute atomic E-state index is 0.555. The van der Waals surface area contributed by atoms with E-state index in [1.807, 2.05) is 27.0 Å². The van der Waals surface area contributed by atoms with Gasteiger partial charge < -0.3 is 0 Å². The molecule has 0 aliphatic rings. The van der Waals surface area contributed by atoms with E-state index in [1.165, 1.54) is 4.46 Å². The van der Waals surface area contributed by atoms with Crippen LogP contribution in [-0.4, -0.2) is 32.0 Å². The van der Waals surface area contributed by atoms with Gasteiger partial charge in [0, 0.05) is 0 Å². The SMILES string of the molecule is C[Se]c1ccc(N(C)c2cc(C)nc(C)n2)cc1. The van der Waals surface area contributed by atoms with Gasteiger partial charge >= 0.3 is 114 Å². The monoisotopic (exact) mass is 307 g/mol. The molecule has 3 nitrogen and oxygen atoms in total. The first-order chi connectivity index (χ1) is 8.60. The van der Waals surface area contributed by atoms with Crippen LogP contribution in [0.15, 0.2) is 30.3 Å². The molecule has 2 rings (SSSR count). The molecule has 0 spiro atoms. The normalized spacial score (nSPS) is 10.4. The quantitative estimate of drug-likeness (QED) is 0.814. The second-order valence-corrected chi connectivity index (χ2v) is 6.02. The first-order valence-electron chi connectivity index (χ1n) is 5.80. The Morgan fingerprint density at radius 3 is 2.28 bits per heavy atom. The van der Waals surface area contributed by atoms with Crippen LogP contribution in [0.1, 0.15) is 11.5 Å². The summed E-state index contributed by atoms with van der Waals surface area (Å²) in [4.78, 5) is 10.9. The van der Waals surface area contributed by atoms with Crippen LogP contribution in [0.5, 0.6) is 0 Å². The average Bonchev–Trinajstić information content (AvgIpc) is 2.37. The molecule has 0 aliphatic heterocycles. The van der Waals surface area contributed by atoms with Crippen molar-refractivity contribution < 1.29 is 0 Å². The van der Waals surface area contributed by atoms with E-state index in [-0.39, 0.29) is 0 Å². The number of hydrogen-bond acceptors (Lipinski definition) is 3. The molecule has 0 saturated carbocycles. The summed E-state index contributed by atoms with van der Waals surface area (Å²) in [5.74, 6) is 3.98. The predicted octanol–water partition coefficient (Wildman–Crippen LogP) is 2.24. The van der Waals surface area contributed by atoms with Crippen LogP contribution in [0.2, 0.25) is 5.82 Å². The molecule has 2 aromatic rings. The van der Waals surface area contributed by atoms with E-state index in [4.69, 9.17) is 0 Å². The van der Waals surface area contributed by atoms with Gasteiger partial charge in [-0.1, -0.05) is 0 Å². The summed E-state index contributed by atoms with van der Waals surface area (Å²) in [5, 5.41) is 0. The molecule has 0 atom stereocenters. The molecular weight excluding hydrogens is 289 g/mol. The third kappa shape index (κ3) is 2.89. The summed E-state index contributed by atoms with van der Waals surface area (Å²) in [5.41, 5.74) is 2.15. The second kappa shape index (κ2) is 5.51. The maximum atomic E-state index is 4.47. The Labute approximate surface area is 114 Å². The van der Waals surface area contributed by atoms with E-state index in [1.54, 1.807) is 0 Å². The Morgan fingerprint density at radius 2 is 1.72 bits per heavy atom. The van der Waals surface area contributed by atoms with Gasteiger partial charge in [0.15, 0.2) is 0 Å². The van der Waals surface area contributed by atoms with Crippen molar-refractivity contribution in [2.24, 2.45) is 0 Å². The number of aromatic nitrogens is 2. The van der Waals surface area contributed by atoms with Gasteiger partial charge in [0.1, 0.15) is 0 Å². The molecule has 0 bridgehead atoms. The Bertz CT molecular complexity index is 517. The molecule has 0 saturated heterocycles. The first-order valence-corrected chi connectivity index (χ1v) is 8.37. The summed E-state index contributed by atoms with van der Waals surface area (Å²) in [7, 11) is 2.04. The van der Waals surface area contributed by atoms with Crippen molar-refractivity contribution in [1.82, 2.24) is 9.97 Å². The Morgan fingerprint density at radius 1 is 1.06 bits per heavy atom. The molecule has 94 valence electrons. The van der Waals surface area contributed by atoms with Crippen LogP contribution in [0.25, 0.3) is 0 Å². The van der Waals surface area contributed by atoms with E-state index < -0.39 is 0 Å². The summed E-state index contributed by atoms with van der Waals surface area (Å²) >= 11 is 0.555. The molecular formula is C14H17N3Se. The van der Waals surface area contributed by atoms with E-state index in [9.17, 15) is 0 Å². The van der Waals surface area contributed by atoms with Crippen LogP contribution in [0, 0.1) is 13.8 Å². The van der Waals surface area contributed by atoms with Crippen LogP contribution >= 0.6 is 0 Å². The number of nitrogens with zero attached hydrogens (tertiary/aromatic N) is 3. The topological polar surface area (TPSA) is 29.0 Å². The van der Waals surface area contributed by atoms with Gasteiger partial charge in [-0.3, -0.25) is 0 Å². The van der Waals surface area contributed by atoms with E-state index in [0.29, 0.717) is 15.0 Å². The van der Waals surface area contributed by atoms with Gasteiger partial charge in [-0.15, -0.1) is 0 Å². The van der Waals surface area contributed by atoms with Gasteiger partial charge in [0.25, 0.3) is 0 Å². The van der Waals surface area contributed by atoms with Crippen LogP contribution < -0.4 is 9.36 Å². The Hall–Kier alpha value is -1.38. The molecule has 0 N–H and O–H groups in total. The number of benzene rings is 1. The van der Waals surface area contributed by atoms with Crippen molar-refractivity contribution in [2.45, 2.75) is 19.7 Å². The molecule has 4 heteroatoms. The zero-order chi connectivity index (χ0) is 13.1. The van der Waals surface area contributed by atoms with Crippen molar-refractivity contribution in [3.05, 3.63) is 41.9 Å².